The van der Waals surface area contributed by atoms with Crippen molar-refractivity contribution in [1.82, 2.24) is 10.2 Å². The Kier molecular flexibility index (Phi) is 4.02. The molecule has 2 aromatic rings. The van der Waals surface area contributed by atoms with Crippen LogP contribution in [-0.4, -0.2) is 25.7 Å². The zero-order chi connectivity index (χ0) is 14.9. The molecule has 0 saturated heterocycles. The Bertz CT molecular complexity index is 745. The maximum Gasteiger partial charge on any atom is 0.291 e. The second kappa shape index (κ2) is 5.43. The maximum atomic E-state index is 12.1. The number of halogens is 1. The van der Waals surface area contributed by atoms with E-state index in [1.807, 2.05) is 0 Å². The monoisotopic (exact) mass is 334 g/mol. The SMILES string of the molecule is COc1cc(Cl)c(C)cc1NS(=O)(=O)c1nnc(N)s1. The van der Waals surface area contributed by atoms with E-state index in [0.29, 0.717) is 16.3 Å². The van der Waals surface area contributed by atoms with Gasteiger partial charge in [0, 0.05) is 11.1 Å². The van der Waals surface area contributed by atoms with Crippen LogP contribution >= 0.6 is 22.9 Å². The second-order valence-corrected chi connectivity index (χ2v) is 7.09. The molecule has 0 radical (unpaired) electrons. The number of nitrogens with two attached hydrogens (primary N) is 1. The zero-order valence-electron chi connectivity index (χ0n) is 10.5. The number of aromatic nitrogens is 2. The molecule has 20 heavy (non-hydrogen) atoms. The highest BCUT2D eigenvalue weighted by Crippen LogP contribution is 2.32. The van der Waals surface area contributed by atoms with Crippen LogP contribution in [0.3, 0.4) is 0 Å². The number of hydrogen-bond acceptors (Lipinski definition) is 7. The largest absolute Gasteiger partial charge is 0.495 e. The topological polar surface area (TPSA) is 107 Å². The first-order valence-corrected chi connectivity index (χ1v) is 7.97. The van der Waals surface area contributed by atoms with Crippen LogP contribution in [0.4, 0.5) is 10.8 Å². The first-order chi connectivity index (χ1) is 9.33. The molecule has 108 valence electrons. The Hall–Kier alpha value is -1.58. The molecule has 0 fully saturated rings. The van der Waals surface area contributed by atoms with Gasteiger partial charge in [-0.3, -0.25) is 4.72 Å². The van der Waals surface area contributed by atoms with E-state index in [9.17, 15) is 8.42 Å². The normalized spacial score (nSPS) is 11.3. The number of sulfonamides is 1. The molecule has 0 aliphatic carbocycles. The molecule has 1 aromatic heterocycles. The second-order valence-electron chi connectivity index (χ2n) is 3.81. The molecule has 2 rings (SSSR count). The predicted molar refractivity (Wildman–Crippen MR) is 77.9 cm³/mol. The lowest BCUT2D eigenvalue weighted by atomic mass is 10.2. The highest BCUT2D eigenvalue weighted by atomic mass is 35.5. The van der Waals surface area contributed by atoms with Gasteiger partial charge in [-0.15, -0.1) is 10.2 Å². The van der Waals surface area contributed by atoms with E-state index in [1.165, 1.54) is 13.2 Å². The Morgan fingerprint density at radius 1 is 1.40 bits per heavy atom. The Morgan fingerprint density at radius 2 is 2.10 bits per heavy atom. The molecule has 0 bridgehead atoms. The summed E-state index contributed by atoms with van der Waals surface area (Å²) < 4.78 is 31.5. The standard InChI is InChI=1S/C10H11ClN4O3S2/c1-5-3-7(8(18-2)4-6(5)11)15-20(16,17)10-14-13-9(12)19-10/h3-4,15H,1-2H3,(H2,12,13). The van der Waals surface area contributed by atoms with Crippen LogP contribution in [0.5, 0.6) is 5.75 Å². The van der Waals surface area contributed by atoms with Crippen molar-refractivity contribution in [3.8, 4) is 5.75 Å². The molecule has 0 unspecified atom stereocenters. The lowest BCUT2D eigenvalue weighted by Crippen LogP contribution is -2.13. The summed E-state index contributed by atoms with van der Waals surface area (Å²) in [6, 6.07) is 3.10. The van der Waals surface area contributed by atoms with E-state index in [1.54, 1.807) is 13.0 Å². The summed E-state index contributed by atoms with van der Waals surface area (Å²) in [6.07, 6.45) is 0. The van der Waals surface area contributed by atoms with Crippen molar-refractivity contribution in [2.75, 3.05) is 17.6 Å². The van der Waals surface area contributed by atoms with Crippen LogP contribution in [0.1, 0.15) is 5.56 Å². The number of nitrogen functional groups attached to an aromatic ring is 1. The van der Waals surface area contributed by atoms with Gasteiger partial charge in [0.2, 0.25) is 5.13 Å². The predicted octanol–water partition coefficient (Wildman–Crippen LogP) is 1.89. The molecule has 1 aromatic carbocycles. The number of nitrogens with one attached hydrogen (secondary N) is 1. The van der Waals surface area contributed by atoms with E-state index in [0.717, 1.165) is 11.3 Å². The van der Waals surface area contributed by atoms with Crippen molar-refractivity contribution in [3.05, 3.63) is 22.7 Å². The van der Waals surface area contributed by atoms with Gasteiger partial charge in [0.05, 0.1) is 12.8 Å². The van der Waals surface area contributed by atoms with E-state index in [2.05, 4.69) is 14.9 Å². The first-order valence-electron chi connectivity index (χ1n) is 5.29. The van der Waals surface area contributed by atoms with Gasteiger partial charge in [0.1, 0.15) is 5.75 Å². The molecule has 0 saturated carbocycles. The molecule has 3 N–H and O–H groups in total. The first kappa shape index (κ1) is 14.8. The summed E-state index contributed by atoms with van der Waals surface area (Å²) in [7, 11) is -2.44. The number of benzene rings is 1. The summed E-state index contributed by atoms with van der Waals surface area (Å²) in [4.78, 5) is 0. The molecule has 0 amide bonds. The summed E-state index contributed by atoms with van der Waals surface area (Å²) in [6.45, 7) is 1.75. The van der Waals surface area contributed by atoms with E-state index in [-0.39, 0.29) is 15.2 Å². The molecule has 0 aliphatic heterocycles. The van der Waals surface area contributed by atoms with Crippen molar-refractivity contribution < 1.29 is 13.2 Å². The van der Waals surface area contributed by atoms with Crippen molar-refractivity contribution in [3.63, 3.8) is 0 Å². The van der Waals surface area contributed by atoms with Crippen LogP contribution in [0.15, 0.2) is 16.5 Å². The summed E-state index contributed by atoms with van der Waals surface area (Å²) in [5.41, 5.74) is 6.36. The minimum absolute atomic E-state index is 0.0737. The van der Waals surface area contributed by atoms with Gasteiger partial charge >= 0.3 is 0 Å². The van der Waals surface area contributed by atoms with Gasteiger partial charge in [0.15, 0.2) is 0 Å². The van der Waals surface area contributed by atoms with Crippen molar-refractivity contribution >= 4 is 43.8 Å². The lowest BCUT2D eigenvalue weighted by Gasteiger charge is -2.12. The van der Waals surface area contributed by atoms with Crippen molar-refractivity contribution in [2.45, 2.75) is 11.3 Å². The van der Waals surface area contributed by atoms with Gasteiger partial charge in [-0.05, 0) is 18.6 Å². The summed E-state index contributed by atoms with van der Waals surface area (Å²) in [5, 5.41) is 7.53. The molecule has 0 atom stereocenters. The third-order valence-electron chi connectivity index (χ3n) is 2.38. The molecule has 7 nitrogen and oxygen atoms in total. The molecule has 10 heteroatoms. The average molecular weight is 335 g/mol. The average Bonchev–Trinajstić information content (AvgIpc) is 2.81. The fourth-order valence-electron chi connectivity index (χ4n) is 1.43. The summed E-state index contributed by atoms with van der Waals surface area (Å²) >= 11 is 6.74. The van der Waals surface area contributed by atoms with Gasteiger partial charge in [-0.2, -0.15) is 8.42 Å². The fraction of sp³-hybridized carbons (Fsp3) is 0.200. The van der Waals surface area contributed by atoms with Crippen LogP contribution in [0, 0.1) is 6.92 Å². The number of ether oxygens (including phenoxy) is 1. The molecular formula is C10H11ClN4O3S2. The smallest absolute Gasteiger partial charge is 0.291 e. The fourth-order valence-corrected chi connectivity index (χ4v) is 3.43. The third-order valence-corrected chi connectivity index (χ3v) is 5.27. The number of hydrogen-bond donors (Lipinski definition) is 2. The van der Waals surface area contributed by atoms with E-state index >= 15 is 0 Å². The van der Waals surface area contributed by atoms with Crippen molar-refractivity contribution in [1.29, 1.82) is 0 Å². The van der Waals surface area contributed by atoms with Gasteiger partial charge in [-0.25, -0.2) is 0 Å². The third kappa shape index (κ3) is 2.94. The lowest BCUT2D eigenvalue weighted by molar-refractivity contribution is 0.417. The van der Waals surface area contributed by atoms with Gasteiger partial charge < -0.3 is 10.5 Å². The number of anilines is 2. The highest BCUT2D eigenvalue weighted by Gasteiger charge is 2.21. The number of rotatable bonds is 4. The Balaban J connectivity index is 2.41. The molecular weight excluding hydrogens is 324 g/mol. The molecule has 0 aliphatic rings. The Labute approximate surface area is 124 Å². The number of aryl methyl sites for hydroxylation is 1. The number of methoxy groups -OCH3 is 1. The zero-order valence-corrected chi connectivity index (χ0v) is 12.9. The van der Waals surface area contributed by atoms with E-state index < -0.39 is 10.0 Å². The number of nitrogens with zero attached hydrogens (tertiary/aromatic N) is 2. The van der Waals surface area contributed by atoms with E-state index in [4.69, 9.17) is 22.1 Å². The van der Waals surface area contributed by atoms with Gasteiger partial charge in [-0.1, -0.05) is 22.9 Å². The molecule has 0 spiro atoms. The maximum absolute atomic E-state index is 12.1. The van der Waals surface area contributed by atoms with Crippen LogP contribution in [0.25, 0.3) is 0 Å². The molecule has 1 heterocycles. The minimum Gasteiger partial charge on any atom is -0.495 e. The van der Waals surface area contributed by atoms with Crippen LogP contribution in [0.2, 0.25) is 5.02 Å². The van der Waals surface area contributed by atoms with Gasteiger partial charge in [0.25, 0.3) is 14.4 Å². The Morgan fingerprint density at radius 3 is 2.65 bits per heavy atom. The minimum atomic E-state index is -3.86. The quantitative estimate of drug-likeness (QED) is 0.884. The van der Waals surface area contributed by atoms with Crippen LogP contribution < -0.4 is 15.2 Å². The van der Waals surface area contributed by atoms with Crippen molar-refractivity contribution in [2.24, 2.45) is 0 Å². The van der Waals surface area contributed by atoms with Crippen LogP contribution in [-0.2, 0) is 10.0 Å². The summed E-state index contributed by atoms with van der Waals surface area (Å²) in [5.74, 6) is 0.307. The highest BCUT2D eigenvalue weighted by molar-refractivity contribution is 7.94.